The zero-order chi connectivity index (χ0) is 16.5. The van der Waals surface area contributed by atoms with Crippen LogP contribution in [0.2, 0.25) is 0 Å². The van der Waals surface area contributed by atoms with Crippen molar-refractivity contribution < 1.29 is 14.0 Å². The number of benzene rings is 1. The fraction of sp³-hybridized carbons (Fsp3) is 0.133. The van der Waals surface area contributed by atoms with Gasteiger partial charge in [0, 0.05) is 6.54 Å². The second kappa shape index (κ2) is 8.19. The van der Waals surface area contributed by atoms with Gasteiger partial charge in [0.2, 0.25) is 0 Å². The summed E-state index contributed by atoms with van der Waals surface area (Å²) in [5, 5.41) is 11.2. The van der Waals surface area contributed by atoms with Gasteiger partial charge in [-0.3, -0.25) is 9.74 Å². The molecule has 0 unspecified atom stereocenters. The van der Waals surface area contributed by atoms with Crippen LogP contribution in [0.3, 0.4) is 0 Å². The zero-order valence-corrected chi connectivity index (χ0v) is 12.1. The summed E-state index contributed by atoms with van der Waals surface area (Å²) in [6, 6.07) is 11.4. The Kier molecular flexibility index (Phi) is 5.71. The summed E-state index contributed by atoms with van der Waals surface area (Å²) < 4.78 is 12.1. The van der Waals surface area contributed by atoms with Crippen LogP contribution in [0.1, 0.15) is 0 Å². The van der Waals surface area contributed by atoms with Crippen molar-refractivity contribution in [1.29, 1.82) is 5.26 Å². The van der Waals surface area contributed by atoms with Crippen LogP contribution in [-0.2, 0) is 4.84 Å². The van der Waals surface area contributed by atoms with Crippen LogP contribution in [0.25, 0.3) is 0 Å². The lowest BCUT2D eigenvalue weighted by atomic mass is 10.2. The van der Waals surface area contributed by atoms with Gasteiger partial charge >= 0.3 is 12.3 Å². The van der Waals surface area contributed by atoms with Gasteiger partial charge in [0.15, 0.2) is 0 Å². The highest BCUT2D eigenvalue weighted by molar-refractivity contribution is 5.98. The number of carbonyl (C=O) groups is 1. The number of halogens is 1. The first kappa shape index (κ1) is 16.0. The predicted octanol–water partition coefficient (Wildman–Crippen LogP) is 2.72. The summed E-state index contributed by atoms with van der Waals surface area (Å²) in [7, 11) is 0. The predicted molar refractivity (Wildman–Crippen MR) is 82.5 cm³/mol. The Bertz CT molecular complexity index is 673. The fourth-order valence-electron chi connectivity index (χ4n) is 1.87. The van der Waals surface area contributed by atoms with Gasteiger partial charge in [-0.15, -0.1) is 5.26 Å². The maximum atomic E-state index is 12.2. The number of amides is 2. The molecular formula is C15H14FN5O2. The summed E-state index contributed by atoms with van der Waals surface area (Å²) in [4.78, 5) is 21.9. The first-order chi connectivity index (χ1) is 11.3. The summed E-state index contributed by atoms with van der Waals surface area (Å²) in [6.45, 7) is -0.348. The number of nitrogens with zero attached hydrogens (tertiary/aromatic N) is 3. The molecule has 2 N–H and O–H groups in total. The van der Waals surface area contributed by atoms with E-state index in [0.717, 1.165) is 0 Å². The van der Waals surface area contributed by atoms with Crippen molar-refractivity contribution in [2.75, 3.05) is 23.4 Å². The average Bonchev–Trinajstić information content (AvgIpc) is 2.60. The number of pyridine rings is 1. The van der Waals surface area contributed by atoms with Crippen molar-refractivity contribution in [2.45, 2.75) is 0 Å². The lowest BCUT2D eigenvalue weighted by Gasteiger charge is -2.22. The van der Waals surface area contributed by atoms with Gasteiger partial charge in [0.25, 0.3) is 0 Å². The van der Waals surface area contributed by atoms with E-state index in [4.69, 9.17) is 5.26 Å². The van der Waals surface area contributed by atoms with Crippen LogP contribution in [-0.4, -0.2) is 24.2 Å². The van der Waals surface area contributed by atoms with Crippen LogP contribution >= 0.6 is 0 Å². The Morgan fingerprint density at radius 1 is 1.26 bits per heavy atom. The standard InChI is InChI=1S/C15H14FN5O2/c16-8-9-18-14-7-6-13(10-19-14)21(15(22)20-23-11-17)12-4-2-1-3-5-12/h1-7,10H,8-9H2,(H,18,19)(H,20,22). The summed E-state index contributed by atoms with van der Waals surface area (Å²) in [6.07, 6.45) is 2.83. The molecule has 0 spiro atoms. The number of aromatic nitrogens is 1. The summed E-state index contributed by atoms with van der Waals surface area (Å²) >= 11 is 0. The second-order valence-electron chi connectivity index (χ2n) is 4.29. The highest BCUT2D eigenvalue weighted by Gasteiger charge is 2.18. The molecule has 2 aromatic rings. The van der Waals surface area contributed by atoms with Crippen LogP contribution < -0.4 is 15.7 Å². The highest BCUT2D eigenvalue weighted by Crippen LogP contribution is 2.25. The number of alkyl halides is 1. The fourth-order valence-corrected chi connectivity index (χ4v) is 1.87. The number of anilines is 3. The van der Waals surface area contributed by atoms with Crippen molar-refractivity contribution in [3.63, 3.8) is 0 Å². The summed E-state index contributed by atoms with van der Waals surface area (Å²) in [5.41, 5.74) is 3.04. The van der Waals surface area contributed by atoms with Crippen molar-refractivity contribution >= 4 is 23.2 Å². The minimum atomic E-state index is -0.649. The van der Waals surface area contributed by atoms with Gasteiger partial charge in [0.1, 0.15) is 12.5 Å². The molecule has 118 valence electrons. The van der Waals surface area contributed by atoms with E-state index >= 15 is 0 Å². The van der Waals surface area contributed by atoms with E-state index in [2.05, 4.69) is 15.1 Å². The second-order valence-corrected chi connectivity index (χ2v) is 4.29. The van der Waals surface area contributed by atoms with Gasteiger partial charge in [-0.1, -0.05) is 18.2 Å². The molecule has 0 radical (unpaired) electrons. The molecule has 7 nitrogen and oxygen atoms in total. The molecule has 0 aliphatic rings. The lowest BCUT2D eigenvalue weighted by molar-refractivity contribution is 0.159. The molecular weight excluding hydrogens is 301 g/mol. The number of carbonyl (C=O) groups excluding carboxylic acids is 1. The van der Waals surface area contributed by atoms with E-state index in [0.29, 0.717) is 17.2 Å². The first-order valence-electron chi connectivity index (χ1n) is 6.72. The van der Waals surface area contributed by atoms with Crippen molar-refractivity contribution in [3.8, 4) is 6.26 Å². The molecule has 0 saturated carbocycles. The Balaban J connectivity index is 2.26. The van der Waals surface area contributed by atoms with Crippen molar-refractivity contribution in [1.82, 2.24) is 10.5 Å². The smallest absolute Gasteiger partial charge is 0.360 e. The van der Waals surface area contributed by atoms with Gasteiger partial charge in [0.05, 0.1) is 17.6 Å². The molecule has 2 rings (SSSR count). The number of hydrogen-bond acceptors (Lipinski definition) is 5. The van der Waals surface area contributed by atoms with Crippen LogP contribution in [0.5, 0.6) is 0 Å². The van der Waals surface area contributed by atoms with E-state index in [-0.39, 0.29) is 6.54 Å². The topological polar surface area (TPSA) is 90.3 Å². The molecule has 1 aromatic carbocycles. The number of rotatable bonds is 6. The zero-order valence-electron chi connectivity index (χ0n) is 12.1. The summed E-state index contributed by atoms with van der Waals surface area (Å²) in [5.74, 6) is 0.494. The molecule has 0 aliphatic carbocycles. The van der Waals surface area contributed by atoms with Crippen LogP contribution in [0, 0.1) is 11.5 Å². The van der Waals surface area contributed by atoms with E-state index < -0.39 is 12.7 Å². The maximum Gasteiger partial charge on any atom is 0.360 e. The van der Waals surface area contributed by atoms with Gasteiger partial charge < -0.3 is 5.32 Å². The molecule has 23 heavy (non-hydrogen) atoms. The molecule has 8 heteroatoms. The van der Waals surface area contributed by atoms with Crippen LogP contribution in [0.15, 0.2) is 48.7 Å². The van der Waals surface area contributed by atoms with E-state index in [1.165, 1.54) is 17.4 Å². The lowest BCUT2D eigenvalue weighted by Crippen LogP contribution is -2.36. The number of nitriles is 1. The van der Waals surface area contributed by atoms with Gasteiger partial charge in [-0.25, -0.2) is 14.2 Å². The monoisotopic (exact) mass is 315 g/mol. The van der Waals surface area contributed by atoms with E-state index in [9.17, 15) is 9.18 Å². The number of urea groups is 1. The van der Waals surface area contributed by atoms with Gasteiger partial charge in [-0.2, -0.15) is 5.48 Å². The van der Waals surface area contributed by atoms with Crippen molar-refractivity contribution in [2.24, 2.45) is 0 Å². The van der Waals surface area contributed by atoms with Gasteiger partial charge in [-0.05, 0) is 24.3 Å². The molecule has 2 amide bonds. The van der Waals surface area contributed by atoms with Crippen LogP contribution in [0.4, 0.5) is 26.4 Å². The quantitative estimate of drug-likeness (QED) is 0.632. The number of hydroxylamine groups is 1. The first-order valence-corrected chi connectivity index (χ1v) is 6.72. The third-order valence-corrected chi connectivity index (χ3v) is 2.81. The molecule has 1 heterocycles. The molecule has 0 atom stereocenters. The van der Waals surface area contributed by atoms with E-state index in [1.54, 1.807) is 36.4 Å². The average molecular weight is 315 g/mol. The molecule has 0 bridgehead atoms. The Labute approximate surface area is 132 Å². The third kappa shape index (κ3) is 4.31. The molecule has 0 aliphatic heterocycles. The third-order valence-electron chi connectivity index (χ3n) is 2.81. The maximum absolute atomic E-state index is 12.2. The highest BCUT2D eigenvalue weighted by atomic mass is 19.1. The van der Waals surface area contributed by atoms with Crippen molar-refractivity contribution in [3.05, 3.63) is 48.7 Å². The largest absolute Gasteiger partial charge is 0.367 e. The SMILES string of the molecule is N#CONC(=O)N(c1ccccc1)c1ccc(NCCF)nc1. The Morgan fingerprint density at radius 2 is 2.04 bits per heavy atom. The minimum absolute atomic E-state index is 0.158. The number of nitrogens with one attached hydrogen (secondary N) is 2. The Morgan fingerprint density at radius 3 is 2.65 bits per heavy atom. The molecule has 1 aromatic heterocycles. The number of hydrogen-bond donors (Lipinski definition) is 2. The number of para-hydroxylation sites is 1. The molecule has 0 saturated heterocycles. The normalized spacial score (nSPS) is 9.57. The minimum Gasteiger partial charge on any atom is -0.367 e. The molecule has 0 fully saturated rings. The Hall–Kier alpha value is -3.34. The van der Waals surface area contributed by atoms with E-state index in [1.807, 2.05) is 11.5 Å².